The summed E-state index contributed by atoms with van der Waals surface area (Å²) in [6, 6.07) is 9.36. The lowest BCUT2D eigenvalue weighted by Gasteiger charge is -2.15. The van der Waals surface area contributed by atoms with E-state index in [1.165, 1.54) is 0 Å². The first-order valence-electron chi connectivity index (χ1n) is 9.16. The van der Waals surface area contributed by atoms with Crippen LogP contribution in [0.4, 0.5) is 0 Å². The fourth-order valence-electron chi connectivity index (χ4n) is 2.84. The molecule has 29 heavy (non-hydrogen) atoms. The zero-order valence-electron chi connectivity index (χ0n) is 16.0. The van der Waals surface area contributed by atoms with Gasteiger partial charge in [0.2, 0.25) is 0 Å². The zero-order valence-corrected chi connectivity index (χ0v) is 19.1. The van der Waals surface area contributed by atoms with Crippen LogP contribution in [0.2, 0.25) is 10.0 Å². The first-order chi connectivity index (χ1) is 14.1. The number of rotatable bonds is 10. The van der Waals surface area contributed by atoms with E-state index in [2.05, 4.69) is 30.8 Å². The average molecular weight is 499 g/mol. The van der Waals surface area contributed by atoms with Gasteiger partial charge in [0.25, 0.3) is 0 Å². The van der Waals surface area contributed by atoms with Gasteiger partial charge in [-0.3, -0.25) is 0 Å². The molecule has 0 spiro atoms. The van der Waals surface area contributed by atoms with Crippen molar-refractivity contribution in [3.63, 3.8) is 0 Å². The Morgan fingerprint density at radius 3 is 2.79 bits per heavy atom. The summed E-state index contributed by atoms with van der Waals surface area (Å²) in [5, 5.41) is 4.62. The Morgan fingerprint density at radius 2 is 2.07 bits per heavy atom. The molecule has 0 atom stereocenters. The predicted molar refractivity (Wildman–Crippen MR) is 120 cm³/mol. The van der Waals surface area contributed by atoms with Gasteiger partial charge in [-0.1, -0.05) is 29.3 Å². The third kappa shape index (κ3) is 6.37. The van der Waals surface area contributed by atoms with E-state index in [-0.39, 0.29) is 0 Å². The van der Waals surface area contributed by atoms with Crippen molar-refractivity contribution in [3.05, 3.63) is 74.7 Å². The van der Waals surface area contributed by atoms with Crippen molar-refractivity contribution in [2.24, 2.45) is 0 Å². The van der Waals surface area contributed by atoms with E-state index in [1.807, 2.05) is 30.7 Å². The van der Waals surface area contributed by atoms with Crippen LogP contribution in [0.5, 0.6) is 11.5 Å². The van der Waals surface area contributed by atoms with E-state index in [1.54, 1.807) is 25.4 Å². The quantitative estimate of drug-likeness (QED) is 0.363. The molecule has 0 amide bonds. The SMILES string of the molecule is COc1cc(CNCCCn2ccnc2)cc(Br)c1OCc1ccc(Cl)cc1Cl. The van der Waals surface area contributed by atoms with Crippen molar-refractivity contribution in [1.82, 2.24) is 14.9 Å². The van der Waals surface area contributed by atoms with Gasteiger partial charge in [-0.05, 0) is 58.7 Å². The summed E-state index contributed by atoms with van der Waals surface area (Å²) in [7, 11) is 1.63. The van der Waals surface area contributed by atoms with Crippen LogP contribution in [0.15, 0.2) is 53.5 Å². The number of methoxy groups -OCH3 is 1. The van der Waals surface area contributed by atoms with E-state index in [0.717, 1.165) is 41.7 Å². The smallest absolute Gasteiger partial charge is 0.175 e. The average Bonchev–Trinajstić information content (AvgIpc) is 3.21. The lowest BCUT2D eigenvalue weighted by Crippen LogP contribution is -2.16. The van der Waals surface area contributed by atoms with Crippen LogP contribution >= 0.6 is 39.1 Å². The van der Waals surface area contributed by atoms with Crippen molar-refractivity contribution < 1.29 is 9.47 Å². The number of hydrogen-bond donors (Lipinski definition) is 1. The number of halogens is 3. The number of ether oxygens (including phenoxy) is 2. The molecule has 154 valence electrons. The molecule has 0 radical (unpaired) electrons. The van der Waals surface area contributed by atoms with Crippen LogP contribution in [-0.4, -0.2) is 23.2 Å². The molecule has 1 heterocycles. The van der Waals surface area contributed by atoms with Crippen molar-refractivity contribution in [3.8, 4) is 11.5 Å². The minimum absolute atomic E-state index is 0.316. The number of nitrogens with zero attached hydrogens (tertiary/aromatic N) is 2. The van der Waals surface area contributed by atoms with E-state index in [9.17, 15) is 0 Å². The first-order valence-corrected chi connectivity index (χ1v) is 10.7. The van der Waals surface area contributed by atoms with Gasteiger partial charge >= 0.3 is 0 Å². The molecular formula is C21H22BrCl2N3O2. The van der Waals surface area contributed by atoms with Crippen molar-refractivity contribution in [2.75, 3.05) is 13.7 Å². The third-order valence-corrected chi connectivity index (χ3v) is 5.51. The molecule has 8 heteroatoms. The maximum absolute atomic E-state index is 6.23. The van der Waals surface area contributed by atoms with Gasteiger partial charge in [0.1, 0.15) is 6.61 Å². The topological polar surface area (TPSA) is 48.3 Å². The fourth-order valence-corrected chi connectivity index (χ4v) is 3.91. The van der Waals surface area contributed by atoms with E-state index >= 15 is 0 Å². The summed E-state index contributed by atoms with van der Waals surface area (Å²) < 4.78 is 14.4. The van der Waals surface area contributed by atoms with Gasteiger partial charge in [-0.15, -0.1) is 0 Å². The molecule has 0 bridgehead atoms. The van der Waals surface area contributed by atoms with Crippen molar-refractivity contribution in [1.29, 1.82) is 0 Å². The summed E-state index contributed by atoms with van der Waals surface area (Å²) in [6.45, 7) is 2.91. The number of aryl methyl sites for hydroxylation is 1. The number of hydrogen-bond acceptors (Lipinski definition) is 4. The molecule has 0 saturated heterocycles. The number of aromatic nitrogens is 2. The highest BCUT2D eigenvalue weighted by Gasteiger charge is 2.13. The molecule has 0 saturated carbocycles. The largest absolute Gasteiger partial charge is 0.493 e. The Hall–Kier alpha value is -1.73. The normalized spacial score (nSPS) is 10.9. The summed E-state index contributed by atoms with van der Waals surface area (Å²) in [6.07, 6.45) is 6.62. The standard InChI is InChI=1S/C21H22BrCl2N3O2/c1-28-20-10-15(12-25-5-2-7-27-8-6-26-14-27)9-18(22)21(20)29-13-16-3-4-17(23)11-19(16)24/h3-4,6,8-11,14,25H,2,5,7,12-13H2,1H3. The van der Waals surface area contributed by atoms with Crippen molar-refractivity contribution >= 4 is 39.1 Å². The second kappa shape index (κ2) is 10.9. The van der Waals surface area contributed by atoms with Crippen LogP contribution < -0.4 is 14.8 Å². The monoisotopic (exact) mass is 497 g/mol. The van der Waals surface area contributed by atoms with Gasteiger partial charge < -0.3 is 19.4 Å². The molecule has 3 aromatic rings. The predicted octanol–water partition coefficient (Wildman–Crippen LogP) is 5.72. The number of benzene rings is 2. The van der Waals surface area contributed by atoms with E-state index in [0.29, 0.717) is 28.2 Å². The highest BCUT2D eigenvalue weighted by atomic mass is 79.9. The Kier molecular flexibility index (Phi) is 8.24. The summed E-state index contributed by atoms with van der Waals surface area (Å²) >= 11 is 15.8. The van der Waals surface area contributed by atoms with Gasteiger partial charge in [-0.25, -0.2) is 4.98 Å². The highest BCUT2D eigenvalue weighted by molar-refractivity contribution is 9.10. The van der Waals surface area contributed by atoms with Gasteiger partial charge in [0.05, 0.1) is 17.9 Å². The second-order valence-electron chi connectivity index (χ2n) is 6.46. The van der Waals surface area contributed by atoms with Crippen LogP contribution in [0, 0.1) is 0 Å². The molecule has 0 aliphatic rings. The molecule has 1 aromatic heterocycles. The maximum atomic E-state index is 6.23. The van der Waals surface area contributed by atoms with Gasteiger partial charge in [0.15, 0.2) is 11.5 Å². The second-order valence-corrected chi connectivity index (χ2v) is 8.16. The maximum Gasteiger partial charge on any atom is 0.175 e. The summed E-state index contributed by atoms with van der Waals surface area (Å²) in [5.74, 6) is 1.31. The minimum Gasteiger partial charge on any atom is -0.493 e. The van der Waals surface area contributed by atoms with E-state index < -0.39 is 0 Å². The Labute approximate surface area is 189 Å². The van der Waals surface area contributed by atoms with E-state index in [4.69, 9.17) is 32.7 Å². The number of nitrogens with one attached hydrogen (secondary N) is 1. The third-order valence-electron chi connectivity index (χ3n) is 4.33. The number of imidazole rings is 1. The molecule has 1 N–H and O–H groups in total. The Bertz CT molecular complexity index is 936. The highest BCUT2D eigenvalue weighted by Crippen LogP contribution is 2.37. The fraction of sp³-hybridized carbons (Fsp3) is 0.286. The van der Waals surface area contributed by atoms with Crippen molar-refractivity contribution in [2.45, 2.75) is 26.1 Å². The Morgan fingerprint density at radius 1 is 1.21 bits per heavy atom. The molecule has 0 fully saturated rings. The lowest BCUT2D eigenvalue weighted by atomic mass is 10.2. The molecule has 2 aromatic carbocycles. The molecule has 5 nitrogen and oxygen atoms in total. The van der Waals surface area contributed by atoms with Gasteiger partial charge in [0, 0.05) is 41.1 Å². The van der Waals surface area contributed by atoms with Gasteiger partial charge in [-0.2, -0.15) is 0 Å². The molecule has 0 unspecified atom stereocenters. The zero-order chi connectivity index (χ0) is 20.6. The van der Waals surface area contributed by atoms with Crippen LogP contribution in [-0.2, 0) is 19.7 Å². The minimum atomic E-state index is 0.316. The molecule has 0 aliphatic heterocycles. The summed E-state index contributed by atoms with van der Waals surface area (Å²) in [5.41, 5.74) is 1.96. The first kappa shape index (κ1) is 22.0. The Balaban J connectivity index is 1.56. The van der Waals surface area contributed by atoms with Crippen LogP contribution in [0.25, 0.3) is 0 Å². The lowest BCUT2D eigenvalue weighted by molar-refractivity contribution is 0.282. The molecule has 0 aliphatic carbocycles. The molecule has 3 rings (SSSR count). The molecular weight excluding hydrogens is 477 g/mol. The summed E-state index contributed by atoms with van der Waals surface area (Å²) in [4.78, 5) is 4.05. The van der Waals surface area contributed by atoms with Crippen LogP contribution in [0.1, 0.15) is 17.5 Å². The van der Waals surface area contributed by atoms with Crippen LogP contribution in [0.3, 0.4) is 0 Å².